The van der Waals surface area contributed by atoms with Crippen LogP contribution in [0, 0.1) is 0 Å². The number of piperazine rings is 1. The first-order valence-electron chi connectivity index (χ1n) is 8.52. The SMILES string of the molecule is CCNCc1occc1CN1CC2CCCCN2CC1C. The van der Waals surface area contributed by atoms with E-state index >= 15 is 0 Å². The van der Waals surface area contributed by atoms with E-state index in [2.05, 4.69) is 35.0 Å². The Kier molecular flexibility index (Phi) is 4.99. The van der Waals surface area contributed by atoms with Crippen LogP contribution >= 0.6 is 0 Å². The number of fused-ring (bicyclic) bond motifs is 1. The Balaban J connectivity index is 1.62. The summed E-state index contributed by atoms with van der Waals surface area (Å²) < 4.78 is 5.65. The molecule has 0 spiro atoms. The van der Waals surface area contributed by atoms with E-state index in [4.69, 9.17) is 4.42 Å². The summed E-state index contributed by atoms with van der Waals surface area (Å²) in [7, 11) is 0. The lowest BCUT2D eigenvalue weighted by atomic mass is 9.97. The zero-order valence-corrected chi connectivity index (χ0v) is 13.5. The smallest absolute Gasteiger partial charge is 0.122 e. The van der Waals surface area contributed by atoms with Crippen molar-refractivity contribution >= 4 is 0 Å². The minimum absolute atomic E-state index is 0.640. The van der Waals surface area contributed by atoms with E-state index < -0.39 is 0 Å². The summed E-state index contributed by atoms with van der Waals surface area (Å²) in [5.41, 5.74) is 1.35. The van der Waals surface area contributed by atoms with Crippen LogP contribution in [0.25, 0.3) is 0 Å². The van der Waals surface area contributed by atoms with Gasteiger partial charge in [0.1, 0.15) is 5.76 Å². The largest absolute Gasteiger partial charge is 0.468 e. The Hall–Kier alpha value is -0.840. The molecule has 0 saturated carbocycles. The second kappa shape index (κ2) is 6.95. The van der Waals surface area contributed by atoms with E-state index in [1.807, 2.05) is 6.26 Å². The average Bonchev–Trinajstić information content (AvgIpc) is 2.93. The summed E-state index contributed by atoms with van der Waals surface area (Å²) in [6.07, 6.45) is 6.00. The normalized spacial score (nSPS) is 27.7. The third-order valence-electron chi connectivity index (χ3n) is 5.06. The van der Waals surface area contributed by atoms with Crippen LogP contribution in [0.4, 0.5) is 0 Å². The summed E-state index contributed by atoms with van der Waals surface area (Å²) in [5, 5.41) is 3.36. The predicted molar refractivity (Wildman–Crippen MR) is 85.2 cm³/mol. The molecule has 1 N–H and O–H groups in total. The van der Waals surface area contributed by atoms with Gasteiger partial charge in [-0.2, -0.15) is 0 Å². The molecule has 1 aromatic heterocycles. The second-order valence-electron chi connectivity index (χ2n) is 6.57. The van der Waals surface area contributed by atoms with Gasteiger partial charge < -0.3 is 9.73 Å². The Morgan fingerprint density at radius 1 is 1.33 bits per heavy atom. The fourth-order valence-electron chi connectivity index (χ4n) is 3.75. The number of nitrogens with one attached hydrogen (secondary N) is 1. The van der Waals surface area contributed by atoms with Crippen molar-refractivity contribution in [3.05, 3.63) is 23.7 Å². The molecule has 0 amide bonds. The number of rotatable bonds is 5. The summed E-state index contributed by atoms with van der Waals surface area (Å²) in [4.78, 5) is 5.35. The van der Waals surface area contributed by atoms with Crippen molar-refractivity contribution in [3.8, 4) is 0 Å². The first-order valence-corrected chi connectivity index (χ1v) is 8.52. The van der Waals surface area contributed by atoms with Crippen molar-refractivity contribution in [2.75, 3.05) is 26.2 Å². The third kappa shape index (κ3) is 3.50. The molecule has 3 rings (SSSR count). The summed E-state index contributed by atoms with van der Waals surface area (Å²) in [6, 6.07) is 3.56. The molecule has 21 heavy (non-hydrogen) atoms. The maximum absolute atomic E-state index is 5.65. The molecular weight excluding hydrogens is 262 g/mol. The molecule has 2 unspecified atom stereocenters. The molecule has 2 aliphatic rings. The highest BCUT2D eigenvalue weighted by atomic mass is 16.3. The molecule has 4 nitrogen and oxygen atoms in total. The highest BCUT2D eigenvalue weighted by Crippen LogP contribution is 2.26. The van der Waals surface area contributed by atoms with E-state index in [-0.39, 0.29) is 0 Å². The van der Waals surface area contributed by atoms with Crippen LogP contribution in [0.15, 0.2) is 16.7 Å². The Morgan fingerprint density at radius 3 is 3.10 bits per heavy atom. The van der Waals surface area contributed by atoms with Crippen molar-refractivity contribution in [2.45, 2.75) is 58.3 Å². The maximum Gasteiger partial charge on any atom is 0.122 e. The fraction of sp³-hybridized carbons (Fsp3) is 0.765. The van der Waals surface area contributed by atoms with Gasteiger partial charge in [0.25, 0.3) is 0 Å². The van der Waals surface area contributed by atoms with E-state index in [0.29, 0.717) is 6.04 Å². The van der Waals surface area contributed by atoms with E-state index in [0.717, 1.165) is 31.4 Å². The van der Waals surface area contributed by atoms with Gasteiger partial charge in [-0.25, -0.2) is 0 Å². The zero-order chi connectivity index (χ0) is 14.7. The molecule has 2 atom stereocenters. The number of hydrogen-bond donors (Lipinski definition) is 1. The van der Waals surface area contributed by atoms with Crippen LogP contribution in [0.2, 0.25) is 0 Å². The Morgan fingerprint density at radius 2 is 2.24 bits per heavy atom. The van der Waals surface area contributed by atoms with Gasteiger partial charge in [0.05, 0.1) is 12.8 Å². The van der Waals surface area contributed by atoms with Crippen molar-refractivity contribution < 1.29 is 4.42 Å². The first-order chi connectivity index (χ1) is 10.3. The van der Waals surface area contributed by atoms with Crippen molar-refractivity contribution in [1.29, 1.82) is 0 Å². The van der Waals surface area contributed by atoms with E-state index in [1.165, 1.54) is 44.5 Å². The predicted octanol–water partition coefficient (Wildman–Crippen LogP) is 2.45. The molecular formula is C17H29N3O. The van der Waals surface area contributed by atoms with Crippen LogP contribution < -0.4 is 5.32 Å². The number of nitrogens with zero attached hydrogens (tertiary/aromatic N) is 2. The molecule has 0 radical (unpaired) electrons. The lowest BCUT2D eigenvalue weighted by Crippen LogP contribution is -2.58. The van der Waals surface area contributed by atoms with Gasteiger partial charge in [0.15, 0.2) is 0 Å². The van der Waals surface area contributed by atoms with Crippen molar-refractivity contribution in [3.63, 3.8) is 0 Å². The quantitative estimate of drug-likeness (QED) is 0.903. The molecule has 0 bridgehead atoms. The third-order valence-corrected chi connectivity index (χ3v) is 5.06. The van der Waals surface area contributed by atoms with E-state index in [9.17, 15) is 0 Å². The standard InChI is InChI=1S/C17H29N3O/c1-3-18-10-17-15(7-9-21-17)12-20-13-16-6-4-5-8-19(16)11-14(20)2/h7,9,14,16,18H,3-6,8,10-13H2,1-2H3. The van der Waals surface area contributed by atoms with Crippen LogP contribution in [-0.4, -0.2) is 48.1 Å². The minimum atomic E-state index is 0.640. The maximum atomic E-state index is 5.65. The molecule has 2 fully saturated rings. The van der Waals surface area contributed by atoms with Crippen molar-refractivity contribution in [2.24, 2.45) is 0 Å². The van der Waals surface area contributed by atoms with Crippen molar-refractivity contribution in [1.82, 2.24) is 15.1 Å². The number of hydrogen-bond acceptors (Lipinski definition) is 4. The first kappa shape index (κ1) is 15.1. The number of piperidine rings is 1. The van der Waals surface area contributed by atoms with Crippen LogP contribution in [-0.2, 0) is 13.1 Å². The topological polar surface area (TPSA) is 31.7 Å². The van der Waals surface area contributed by atoms with Gasteiger partial charge in [0.2, 0.25) is 0 Å². The molecule has 0 aliphatic carbocycles. The molecule has 4 heteroatoms. The molecule has 1 aromatic rings. The molecule has 118 valence electrons. The summed E-state index contributed by atoms with van der Waals surface area (Å²) in [6.45, 7) is 11.1. The van der Waals surface area contributed by atoms with Crippen LogP contribution in [0.1, 0.15) is 44.4 Å². The lowest BCUT2D eigenvalue weighted by Gasteiger charge is -2.47. The van der Waals surface area contributed by atoms with Crippen LogP contribution in [0.5, 0.6) is 0 Å². The molecule has 0 aromatic carbocycles. The summed E-state index contributed by atoms with van der Waals surface area (Å²) >= 11 is 0. The highest BCUT2D eigenvalue weighted by molar-refractivity contribution is 5.17. The zero-order valence-electron chi connectivity index (χ0n) is 13.5. The Bertz CT molecular complexity index is 445. The van der Waals surface area contributed by atoms with Gasteiger partial charge in [-0.1, -0.05) is 13.3 Å². The number of furan rings is 1. The van der Waals surface area contributed by atoms with Gasteiger partial charge in [0, 0.05) is 37.3 Å². The van der Waals surface area contributed by atoms with Gasteiger partial charge >= 0.3 is 0 Å². The van der Waals surface area contributed by atoms with Gasteiger partial charge in [-0.15, -0.1) is 0 Å². The second-order valence-corrected chi connectivity index (χ2v) is 6.57. The monoisotopic (exact) mass is 291 g/mol. The fourth-order valence-corrected chi connectivity index (χ4v) is 3.75. The minimum Gasteiger partial charge on any atom is -0.468 e. The van der Waals surface area contributed by atoms with Crippen LogP contribution in [0.3, 0.4) is 0 Å². The molecule has 2 aliphatic heterocycles. The average molecular weight is 291 g/mol. The van der Waals surface area contributed by atoms with E-state index in [1.54, 1.807) is 0 Å². The van der Waals surface area contributed by atoms with Gasteiger partial charge in [-0.3, -0.25) is 9.80 Å². The summed E-state index contributed by atoms with van der Waals surface area (Å²) in [5.74, 6) is 1.11. The highest BCUT2D eigenvalue weighted by Gasteiger charge is 2.33. The molecule has 3 heterocycles. The lowest BCUT2D eigenvalue weighted by molar-refractivity contribution is 0.0108. The molecule has 2 saturated heterocycles. The Labute approximate surface area is 128 Å². The van der Waals surface area contributed by atoms with Gasteiger partial charge in [-0.05, 0) is 38.9 Å².